The number of aromatic nitrogens is 6. The molecule has 18 nitrogen and oxygen atoms in total. The van der Waals surface area contributed by atoms with Gasteiger partial charge >= 0.3 is 19.2 Å². The molecule has 3 aliphatic heterocycles. The Morgan fingerprint density at radius 3 is 2.41 bits per heavy atom. The van der Waals surface area contributed by atoms with Crippen LogP contribution in [-0.4, -0.2) is 94.0 Å². The summed E-state index contributed by atoms with van der Waals surface area (Å²) in [5.74, 6) is -0.0426. The largest absolute Gasteiger partial charge is 0.387 e. The van der Waals surface area contributed by atoms with Crippen molar-refractivity contribution in [3.05, 3.63) is 45.3 Å². The van der Waals surface area contributed by atoms with Gasteiger partial charge in [0.2, 0.25) is 0 Å². The Bertz CT molecular complexity index is 2000. The van der Waals surface area contributed by atoms with E-state index in [-0.39, 0.29) is 27.0 Å². The molecule has 6 N–H and O–H groups in total. The van der Waals surface area contributed by atoms with Gasteiger partial charge in [-0.05, 0) is 23.9 Å². The average molecular weight is 758 g/mol. The monoisotopic (exact) mass is 757 g/mol. The zero-order valence-electron chi connectivity index (χ0n) is 22.8. The molecule has 0 radical (unpaired) electrons. The number of nitrogens with one attached hydrogen (secondary N) is 1. The van der Waals surface area contributed by atoms with Crippen LogP contribution in [0.5, 0.6) is 0 Å². The second kappa shape index (κ2) is 12.0. The van der Waals surface area contributed by atoms with E-state index < -0.39 is 81.5 Å². The molecule has 3 aliphatic rings. The Hall–Kier alpha value is -1.71. The number of aliphatic hydroxyl groups excluding tert-OH is 2. The first kappa shape index (κ1) is 32.8. The smallest absolute Gasteiger partial charge is 0.386 e. The Balaban J connectivity index is 1.23. The first-order chi connectivity index (χ1) is 21.7. The van der Waals surface area contributed by atoms with Gasteiger partial charge in [-0.3, -0.25) is 13.6 Å². The van der Waals surface area contributed by atoms with Crippen LogP contribution in [0.15, 0.2) is 29.6 Å². The third-order valence-corrected chi connectivity index (χ3v) is 11.5. The fourth-order valence-corrected chi connectivity index (χ4v) is 8.68. The molecule has 0 saturated carbocycles. The van der Waals surface area contributed by atoms with E-state index >= 15 is 0 Å². The molecule has 7 rings (SSSR count). The summed E-state index contributed by atoms with van der Waals surface area (Å²) >= 11 is 21.7. The maximum atomic E-state index is 13.5. The molecule has 6 heterocycles. The molecule has 2 unspecified atom stereocenters. The van der Waals surface area contributed by atoms with Gasteiger partial charge in [0, 0.05) is 0 Å². The molecule has 3 saturated heterocycles. The number of nitrogens with zero attached hydrogens (tertiary/aromatic N) is 5. The maximum absolute atomic E-state index is 13.5. The number of fused-ring (bicyclic) bond motifs is 6. The third-order valence-electron chi connectivity index (χ3n) is 7.62. The highest BCUT2D eigenvalue weighted by molar-refractivity contribution is 8.44. The van der Waals surface area contributed by atoms with Crippen LogP contribution < -0.4 is 11.4 Å². The summed E-state index contributed by atoms with van der Waals surface area (Å²) in [6.07, 6.45) is -8.88. The van der Waals surface area contributed by atoms with E-state index in [0.29, 0.717) is 11.0 Å². The number of imidazole rings is 2. The number of hydrogen-bond donors (Lipinski definition) is 6. The lowest BCUT2D eigenvalue weighted by Crippen LogP contribution is -2.38. The van der Waals surface area contributed by atoms with Gasteiger partial charge in [-0.1, -0.05) is 35.5 Å². The minimum atomic E-state index is -4.40. The van der Waals surface area contributed by atoms with Gasteiger partial charge in [-0.15, -0.1) is 0 Å². The van der Waals surface area contributed by atoms with Crippen molar-refractivity contribution < 1.29 is 47.2 Å². The fraction of sp³-hybridized carbons (Fsp3) is 0.455. The molecule has 24 heteroatoms. The quantitative estimate of drug-likeness (QED) is 0.126. The van der Waals surface area contributed by atoms with Gasteiger partial charge in [0.25, 0.3) is 0 Å². The maximum Gasteiger partial charge on any atom is 0.386 e. The lowest BCUT2D eigenvalue weighted by Gasteiger charge is -2.27. The Kier molecular flexibility index (Phi) is 8.57. The second-order valence-corrected chi connectivity index (χ2v) is 16.9. The minimum Gasteiger partial charge on any atom is -0.387 e. The number of anilines is 1. The molecule has 3 aromatic heterocycles. The van der Waals surface area contributed by atoms with Crippen molar-refractivity contribution in [3.63, 3.8) is 0 Å². The number of hydrogen-bond acceptors (Lipinski definition) is 15. The van der Waals surface area contributed by atoms with Gasteiger partial charge in [0.05, 0.1) is 40.6 Å². The summed E-state index contributed by atoms with van der Waals surface area (Å²) in [4.78, 5) is 38.8. The molecule has 46 heavy (non-hydrogen) atoms. The van der Waals surface area contributed by atoms with Crippen molar-refractivity contribution >= 4 is 88.8 Å². The summed E-state index contributed by atoms with van der Waals surface area (Å²) < 4.78 is 50.4. The van der Waals surface area contributed by atoms with Gasteiger partial charge in [-0.2, -0.15) is 0 Å². The highest BCUT2D eigenvalue weighted by Gasteiger charge is 2.53. The average Bonchev–Trinajstić information content (AvgIpc) is 3.70. The van der Waals surface area contributed by atoms with Crippen LogP contribution in [0.25, 0.3) is 22.2 Å². The van der Waals surface area contributed by atoms with Crippen molar-refractivity contribution in [3.8, 4) is 0 Å². The summed E-state index contributed by atoms with van der Waals surface area (Å²) in [6, 6.07) is 3.05. The van der Waals surface area contributed by atoms with Crippen molar-refractivity contribution in [2.45, 2.75) is 49.1 Å². The van der Waals surface area contributed by atoms with Crippen molar-refractivity contribution in [2.24, 2.45) is 0 Å². The SMILES string of the molecule is Nc1ncnc2c1[nH]c(=O)n2[C@@H]1O[C@@H]2COP(O)(=S)O[C@@H]3[C@H](O)[C@@H](COP(=O)(S)O[C@@H]1[C@@H]2O)O[C@H]3n1cnc2cc(Cl)c(Cl)cc21. The molecule has 10 atom stereocenters. The van der Waals surface area contributed by atoms with E-state index in [1.165, 1.54) is 23.0 Å². The molecule has 4 aromatic rings. The van der Waals surface area contributed by atoms with E-state index in [2.05, 4.69) is 32.2 Å². The first-order valence-electron chi connectivity index (χ1n) is 13.2. The fourth-order valence-electron chi connectivity index (χ4n) is 5.49. The Labute approximate surface area is 277 Å². The summed E-state index contributed by atoms with van der Waals surface area (Å²) in [5.41, 5.74) is 6.04. The third kappa shape index (κ3) is 5.82. The van der Waals surface area contributed by atoms with E-state index in [1.54, 1.807) is 0 Å². The predicted octanol–water partition coefficient (Wildman–Crippen LogP) is 1.65. The molecule has 0 aliphatic carbocycles. The second-order valence-electron chi connectivity index (χ2n) is 10.4. The highest BCUT2D eigenvalue weighted by atomic mass is 35.5. The molecule has 3 fully saturated rings. The zero-order valence-corrected chi connectivity index (χ0v) is 27.8. The number of nitrogens with two attached hydrogens (primary N) is 1. The van der Waals surface area contributed by atoms with E-state index in [0.717, 1.165) is 10.9 Å². The molecule has 1 aromatic carbocycles. The number of ether oxygens (including phenoxy) is 2. The summed E-state index contributed by atoms with van der Waals surface area (Å²) in [7, 11) is 0. The Morgan fingerprint density at radius 1 is 1.02 bits per heavy atom. The van der Waals surface area contributed by atoms with Crippen LogP contribution in [0.4, 0.5) is 5.82 Å². The number of aromatic amines is 1. The number of benzene rings is 1. The van der Waals surface area contributed by atoms with Crippen LogP contribution in [0.2, 0.25) is 10.0 Å². The van der Waals surface area contributed by atoms with Crippen LogP contribution in [0.3, 0.4) is 0 Å². The number of aliphatic hydroxyl groups is 2. The number of thiol groups is 1. The molecular formula is C22H23Cl2N7O11P2S2. The number of rotatable bonds is 2. The van der Waals surface area contributed by atoms with Crippen LogP contribution in [0, 0.1) is 0 Å². The summed E-state index contributed by atoms with van der Waals surface area (Å²) in [6.45, 7) is -9.81. The normalized spacial score (nSPS) is 37.2. The topological polar surface area (TPSA) is 241 Å². The van der Waals surface area contributed by atoms with Gasteiger partial charge in [-0.25, -0.2) is 28.9 Å². The predicted molar refractivity (Wildman–Crippen MR) is 167 cm³/mol. The van der Waals surface area contributed by atoms with Crippen LogP contribution in [-0.2, 0) is 43.9 Å². The first-order valence-corrected chi connectivity index (χ1v) is 19.3. The Morgan fingerprint density at radius 2 is 1.67 bits per heavy atom. The number of halogens is 2. The van der Waals surface area contributed by atoms with Crippen molar-refractivity contribution in [1.82, 2.24) is 29.1 Å². The van der Waals surface area contributed by atoms with Crippen LogP contribution >= 0.6 is 49.0 Å². The van der Waals surface area contributed by atoms with E-state index in [4.69, 9.17) is 68.3 Å². The molecular weight excluding hydrogens is 735 g/mol. The van der Waals surface area contributed by atoms with Crippen molar-refractivity contribution in [1.29, 1.82) is 0 Å². The zero-order chi connectivity index (χ0) is 32.7. The van der Waals surface area contributed by atoms with Gasteiger partial charge in [0.15, 0.2) is 23.9 Å². The molecule has 0 amide bonds. The number of nitrogen functional groups attached to an aromatic ring is 1. The lowest BCUT2D eigenvalue weighted by molar-refractivity contribution is -0.0606. The molecule has 4 bridgehead atoms. The molecule has 248 valence electrons. The molecule has 0 spiro atoms. The van der Waals surface area contributed by atoms with Crippen LogP contribution in [0.1, 0.15) is 12.5 Å². The minimum absolute atomic E-state index is 0.0104. The highest BCUT2D eigenvalue weighted by Crippen LogP contribution is 2.58. The lowest BCUT2D eigenvalue weighted by atomic mass is 10.1. The standard InChI is InChI=1S/C22H23Cl2N7O11P2S2/c23-7-1-9-10(2-8(7)24)30(6-28-9)20-16-14(32)11(39-20)3-37-44(36,46)42-17-15(33)12(4-38-43(35,45)41-16)40-21(17)31-19-13(29-22(31)34)18(25)26-5-27-19/h1-2,5-6,11-12,14-17,20-21,32-33H,3-4H2,(H,29,34)(H,35,45)(H,36,46)(H2,25,26,27)/t11-,12-,14-,15-,16-,17-,20-,21-,43?,44?/m1/s1. The van der Waals surface area contributed by atoms with Crippen molar-refractivity contribution in [2.75, 3.05) is 18.9 Å². The van der Waals surface area contributed by atoms with E-state index in [1.807, 2.05) is 0 Å². The van der Waals surface area contributed by atoms with Gasteiger partial charge < -0.3 is 44.4 Å². The van der Waals surface area contributed by atoms with E-state index in [9.17, 15) is 24.5 Å². The van der Waals surface area contributed by atoms with Gasteiger partial charge in [0.1, 0.15) is 48.5 Å². The number of H-pyrrole nitrogens is 1. The summed E-state index contributed by atoms with van der Waals surface area (Å²) in [5, 5.41) is 22.9.